The first-order valence-electron chi connectivity index (χ1n) is 6.15. The second-order valence-electron chi connectivity index (χ2n) is 4.55. The van der Waals surface area contributed by atoms with Crippen LogP contribution in [0.5, 0.6) is 0 Å². The van der Waals surface area contributed by atoms with Crippen molar-refractivity contribution in [3.63, 3.8) is 0 Å². The van der Waals surface area contributed by atoms with Crippen LogP contribution in [-0.2, 0) is 9.59 Å². The van der Waals surface area contributed by atoms with Gasteiger partial charge in [-0.2, -0.15) is 0 Å². The van der Waals surface area contributed by atoms with Crippen molar-refractivity contribution in [1.82, 2.24) is 5.32 Å². The number of rotatable bonds is 3. The molecule has 5 nitrogen and oxygen atoms in total. The normalized spacial score (nSPS) is 18.1. The minimum Gasteiger partial charge on any atom is -0.326 e. The summed E-state index contributed by atoms with van der Waals surface area (Å²) >= 11 is 6.04. The van der Waals surface area contributed by atoms with E-state index in [2.05, 4.69) is 16.0 Å². The van der Waals surface area contributed by atoms with Crippen molar-refractivity contribution in [2.45, 2.75) is 13.3 Å². The second-order valence-corrected chi connectivity index (χ2v) is 4.96. The first kappa shape index (κ1) is 13.8. The predicted molar refractivity (Wildman–Crippen MR) is 75.4 cm³/mol. The zero-order chi connectivity index (χ0) is 13.8. The van der Waals surface area contributed by atoms with Gasteiger partial charge in [0.25, 0.3) is 0 Å². The number of nitrogens with one attached hydrogen (secondary N) is 3. The number of carbonyl (C=O) groups is 2. The lowest BCUT2D eigenvalue weighted by atomic mass is 10.1. The van der Waals surface area contributed by atoms with Gasteiger partial charge in [0.15, 0.2) is 0 Å². The van der Waals surface area contributed by atoms with E-state index >= 15 is 0 Å². The molecule has 2 rings (SSSR count). The molecule has 1 atom stereocenters. The van der Waals surface area contributed by atoms with E-state index in [1.165, 1.54) is 6.92 Å². The molecule has 1 aliphatic heterocycles. The van der Waals surface area contributed by atoms with E-state index in [9.17, 15) is 9.59 Å². The van der Waals surface area contributed by atoms with E-state index in [4.69, 9.17) is 11.6 Å². The Kier molecular flexibility index (Phi) is 4.39. The predicted octanol–water partition coefficient (Wildman–Crippen LogP) is 1.85. The maximum Gasteiger partial charge on any atom is 0.228 e. The number of carbonyl (C=O) groups excluding carboxylic acids is 2. The number of hydrogen-bond acceptors (Lipinski definition) is 3. The van der Waals surface area contributed by atoms with Crippen molar-refractivity contribution in [2.24, 2.45) is 5.92 Å². The molecule has 0 bridgehead atoms. The summed E-state index contributed by atoms with van der Waals surface area (Å²) in [5, 5.41) is 8.99. The maximum absolute atomic E-state index is 11.9. The van der Waals surface area contributed by atoms with Crippen molar-refractivity contribution in [3.05, 3.63) is 23.2 Å². The fourth-order valence-corrected chi connectivity index (χ4v) is 2.23. The molecule has 102 valence electrons. The van der Waals surface area contributed by atoms with Crippen LogP contribution >= 0.6 is 11.6 Å². The van der Waals surface area contributed by atoms with Crippen LogP contribution in [-0.4, -0.2) is 24.9 Å². The van der Waals surface area contributed by atoms with Crippen molar-refractivity contribution >= 4 is 34.8 Å². The Morgan fingerprint density at radius 2 is 2.16 bits per heavy atom. The van der Waals surface area contributed by atoms with Crippen LogP contribution in [0.25, 0.3) is 0 Å². The summed E-state index contributed by atoms with van der Waals surface area (Å²) in [7, 11) is 0. The third-order valence-corrected chi connectivity index (χ3v) is 3.29. The molecule has 0 aromatic heterocycles. The van der Waals surface area contributed by atoms with E-state index < -0.39 is 0 Å². The molecule has 6 heteroatoms. The molecule has 1 saturated heterocycles. The Balaban J connectivity index is 2.03. The van der Waals surface area contributed by atoms with E-state index in [-0.39, 0.29) is 17.7 Å². The van der Waals surface area contributed by atoms with E-state index in [1.54, 1.807) is 18.2 Å². The molecule has 1 unspecified atom stereocenters. The number of hydrogen-bond donors (Lipinski definition) is 3. The monoisotopic (exact) mass is 281 g/mol. The third-order valence-electron chi connectivity index (χ3n) is 2.98. The highest BCUT2D eigenvalue weighted by Gasteiger charge is 2.22. The zero-order valence-electron chi connectivity index (χ0n) is 10.6. The number of halogens is 1. The molecule has 19 heavy (non-hydrogen) atoms. The molecule has 1 aromatic carbocycles. The molecule has 1 aromatic rings. The quantitative estimate of drug-likeness (QED) is 0.792. The molecular weight excluding hydrogens is 266 g/mol. The Hall–Kier alpha value is -1.59. The van der Waals surface area contributed by atoms with Gasteiger partial charge in [-0.15, -0.1) is 0 Å². The lowest BCUT2D eigenvalue weighted by molar-refractivity contribution is -0.119. The van der Waals surface area contributed by atoms with E-state index in [0.717, 1.165) is 13.0 Å². The minimum atomic E-state index is -0.185. The Labute approximate surface area is 116 Å². The molecule has 0 radical (unpaired) electrons. The molecule has 1 aliphatic rings. The van der Waals surface area contributed by atoms with Crippen molar-refractivity contribution < 1.29 is 9.59 Å². The van der Waals surface area contributed by atoms with Crippen LogP contribution in [0.1, 0.15) is 13.3 Å². The van der Waals surface area contributed by atoms with Gasteiger partial charge in [0, 0.05) is 19.2 Å². The molecule has 0 spiro atoms. The lowest BCUT2D eigenvalue weighted by Crippen LogP contribution is -2.24. The summed E-state index contributed by atoms with van der Waals surface area (Å²) < 4.78 is 0. The molecule has 0 aliphatic carbocycles. The van der Waals surface area contributed by atoms with Gasteiger partial charge in [0.2, 0.25) is 11.8 Å². The molecule has 0 saturated carbocycles. The zero-order valence-corrected chi connectivity index (χ0v) is 11.4. The van der Waals surface area contributed by atoms with Gasteiger partial charge < -0.3 is 16.0 Å². The van der Waals surface area contributed by atoms with Gasteiger partial charge in [0.1, 0.15) is 0 Å². The smallest absolute Gasteiger partial charge is 0.228 e. The largest absolute Gasteiger partial charge is 0.326 e. The SMILES string of the molecule is CC(=O)Nc1ccc(NC(=O)C2CCNC2)cc1Cl. The molecule has 3 N–H and O–H groups in total. The summed E-state index contributed by atoms with van der Waals surface area (Å²) in [6, 6.07) is 5.02. The summed E-state index contributed by atoms with van der Waals surface area (Å²) in [6.45, 7) is 3.00. The van der Waals surface area contributed by atoms with Gasteiger partial charge >= 0.3 is 0 Å². The third kappa shape index (κ3) is 3.68. The average molecular weight is 282 g/mol. The number of benzene rings is 1. The van der Waals surface area contributed by atoms with Crippen LogP contribution in [0.3, 0.4) is 0 Å². The Morgan fingerprint density at radius 1 is 1.37 bits per heavy atom. The highest BCUT2D eigenvalue weighted by atomic mass is 35.5. The Morgan fingerprint density at radius 3 is 2.74 bits per heavy atom. The Bertz CT molecular complexity index is 499. The standard InChI is InChI=1S/C13H16ClN3O2/c1-8(18)16-12-3-2-10(6-11(12)14)17-13(19)9-4-5-15-7-9/h2-3,6,9,15H,4-5,7H2,1H3,(H,16,18)(H,17,19). The number of anilines is 2. The summed E-state index contributed by atoms with van der Waals surface area (Å²) in [6.07, 6.45) is 0.851. The van der Waals surface area contributed by atoms with Crippen molar-refractivity contribution in [3.8, 4) is 0 Å². The van der Waals surface area contributed by atoms with Gasteiger partial charge in [0.05, 0.1) is 16.6 Å². The maximum atomic E-state index is 11.9. The molecular formula is C13H16ClN3O2. The molecule has 1 heterocycles. The van der Waals surface area contributed by atoms with Crippen LogP contribution in [0.4, 0.5) is 11.4 Å². The summed E-state index contributed by atoms with van der Waals surface area (Å²) in [5.74, 6) is -0.183. The molecule has 1 fully saturated rings. The van der Waals surface area contributed by atoms with Gasteiger partial charge in [-0.1, -0.05) is 11.6 Å². The van der Waals surface area contributed by atoms with Crippen LogP contribution < -0.4 is 16.0 Å². The average Bonchev–Trinajstić information content (AvgIpc) is 2.86. The highest BCUT2D eigenvalue weighted by molar-refractivity contribution is 6.34. The van der Waals surface area contributed by atoms with Crippen LogP contribution in [0, 0.1) is 5.92 Å². The van der Waals surface area contributed by atoms with E-state index in [1.807, 2.05) is 0 Å². The van der Waals surface area contributed by atoms with Crippen molar-refractivity contribution in [1.29, 1.82) is 0 Å². The number of amides is 2. The fraction of sp³-hybridized carbons (Fsp3) is 0.385. The van der Waals surface area contributed by atoms with Gasteiger partial charge in [-0.3, -0.25) is 9.59 Å². The van der Waals surface area contributed by atoms with Gasteiger partial charge in [-0.25, -0.2) is 0 Å². The first-order chi connectivity index (χ1) is 9.06. The van der Waals surface area contributed by atoms with Crippen LogP contribution in [0.2, 0.25) is 5.02 Å². The summed E-state index contributed by atoms with van der Waals surface area (Å²) in [4.78, 5) is 22.9. The lowest BCUT2D eigenvalue weighted by Gasteiger charge is -2.11. The van der Waals surface area contributed by atoms with E-state index in [0.29, 0.717) is 22.9 Å². The molecule has 2 amide bonds. The topological polar surface area (TPSA) is 70.2 Å². The van der Waals surface area contributed by atoms with Gasteiger partial charge in [-0.05, 0) is 31.2 Å². The first-order valence-corrected chi connectivity index (χ1v) is 6.53. The second kappa shape index (κ2) is 6.04. The fourth-order valence-electron chi connectivity index (χ4n) is 2.01. The van der Waals surface area contributed by atoms with Crippen LogP contribution in [0.15, 0.2) is 18.2 Å². The van der Waals surface area contributed by atoms with Crippen molar-refractivity contribution in [2.75, 3.05) is 23.7 Å². The minimum absolute atomic E-state index is 0.00616. The summed E-state index contributed by atoms with van der Waals surface area (Å²) in [5.41, 5.74) is 1.17. The highest BCUT2D eigenvalue weighted by Crippen LogP contribution is 2.26.